The van der Waals surface area contributed by atoms with Gasteiger partial charge >= 0.3 is 0 Å². The molecule has 4 rings (SSSR count). The van der Waals surface area contributed by atoms with Crippen LogP contribution in [-0.4, -0.2) is 46.0 Å². The Kier molecular flexibility index (Phi) is 5.67. The molecule has 0 spiro atoms. The molecule has 0 bridgehead atoms. The molecule has 160 valence electrons. The largest absolute Gasteiger partial charge is 0.353 e. The third-order valence-electron chi connectivity index (χ3n) is 7.25. The predicted molar refractivity (Wildman–Crippen MR) is 108 cm³/mol. The number of amides is 2. The fourth-order valence-corrected chi connectivity index (χ4v) is 5.78. The lowest BCUT2D eigenvalue weighted by atomic mass is 9.80. The van der Waals surface area contributed by atoms with Crippen LogP contribution in [0.2, 0.25) is 0 Å². The summed E-state index contributed by atoms with van der Waals surface area (Å²) in [5, 5.41) is 7.27. The van der Waals surface area contributed by atoms with Gasteiger partial charge in [0.1, 0.15) is 0 Å². The maximum Gasteiger partial charge on any atom is 0.235 e. The van der Waals surface area contributed by atoms with Gasteiger partial charge in [0.05, 0.1) is 5.41 Å². The molecule has 29 heavy (non-hydrogen) atoms. The summed E-state index contributed by atoms with van der Waals surface area (Å²) in [6, 6.07) is 0.111. The van der Waals surface area contributed by atoms with Crippen molar-refractivity contribution in [2.24, 2.45) is 17.8 Å². The van der Waals surface area contributed by atoms with Crippen molar-refractivity contribution in [3.63, 3.8) is 0 Å². The molecule has 0 unspecified atom stereocenters. The molecule has 0 aromatic carbocycles. The van der Waals surface area contributed by atoms with Crippen LogP contribution >= 0.6 is 0 Å². The van der Waals surface area contributed by atoms with E-state index >= 15 is 0 Å². The Morgan fingerprint density at radius 1 is 1.31 bits per heavy atom. The van der Waals surface area contributed by atoms with Gasteiger partial charge in [-0.25, -0.2) is 0 Å². The van der Waals surface area contributed by atoms with Gasteiger partial charge in [0.25, 0.3) is 0 Å². The van der Waals surface area contributed by atoms with Crippen molar-refractivity contribution in [1.82, 2.24) is 20.4 Å². The molecule has 2 aliphatic carbocycles. The first-order valence-electron chi connectivity index (χ1n) is 11.3. The topological polar surface area (TPSA) is 88.3 Å². The number of nitrogens with zero attached hydrogens (tertiary/aromatic N) is 3. The van der Waals surface area contributed by atoms with Gasteiger partial charge in [0.2, 0.25) is 17.7 Å². The number of rotatable bonds is 6. The highest BCUT2D eigenvalue weighted by Gasteiger charge is 2.58. The van der Waals surface area contributed by atoms with Crippen molar-refractivity contribution in [3.8, 4) is 0 Å². The molecular weight excluding hydrogens is 368 g/mol. The number of fused-ring (bicyclic) bond motifs is 1. The number of carbonyl (C=O) groups excluding carboxylic acids is 2. The number of aromatic nitrogens is 2. The minimum absolute atomic E-state index is 0.0265. The van der Waals surface area contributed by atoms with E-state index in [1.54, 1.807) is 0 Å². The molecule has 3 fully saturated rings. The van der Waals surface area contributed by atoms with Gasteiger partial charge in [-0.15, -0.1) is 0 Å². The molecule has 1 aromatic heterocycles. The zero-order valence-electron chi connectivity index (χ0n) is 17.9. The molecule has 7 nitrogen and oxygen atoms in total. The van der Waals surface area contributed by atoms with Crippen LogP contribution in [0.25, 0.3) is 0 Å². The zero-order valence-corrected chi connectivity index (χ0v) is 17.9. The molecule has 2 saturated carbocycles. The standard InChI is InChI=1S/C22H34N4O3/c1-14(2)20(28)26-12-17-10-18(24-19(27)9-8-16-6-4-5-7-16)11-22(17,13-26)21-23-15(3)25-29-21/h14,16-18H,4-13H2,1-3H3,(H,24,27)/t17-,18+,22-/m0/s1. The first kappa shape index (κ1) is 20.4. The molecule has 2 amide bonds. The Morgan fingerprint density at radius 3 is 2.72 bits per heavy atom. The average molecular weight is 403 g/mol. The van der Waals surface area contributed by atoms with Crippen molar-refractivity contribution in [2.75, 3.05) is 13.1 Å². The molecule has 3 atom stereocenters. The Labute approximate surface area is 173 Å². The third kappa shape index (κ3) is 4.05. The van der Waals surface area contributed by atoms with E-state index < -0.39 is 0 Å². The van der Waals surface area contributed by atoms with E-state index in [4.69, 9.17) is 4.52 Å². The fraction of sp³-hybridized carbons (Fsp3) is 0.818. The maximum absolute atomic E-state index is 12.6. The minimum atomic E-state index is -0.338. The van der Waals surface area contributed by atoms with Crippen LogP contribution in [0.5, 0.6) is 0 Å². The van der Waals surface area contributed by atoms with Crippen LogP contribution in [0.1, 0.15) is 76.9 Å². The first-order valence-corrected chi connectivity index (χ1v) is 11.3. The van der Waals surface area contributed by atoms with Crippen LogP contribution in [0, 0.1) is 24.7 Å². The van der Waals surface area contributed by atoms with E-state index in [2.05, 4.69) is 15.5 Å². The van der Waals surface area contributed by atoms with Crippen LogP contribution in [0.3, 0.4) is 0 Å². The van der Waals surface area contributed by atoms with E-state index in [0.29, 0.717) is 31.2 Å². The van der Waals surface area contributed by atoms with Gasteiger partial charge in [-0.3, -0.25) is 9.59 Å². The number of carbonyl (C=O) groups is 2. The third-order valence-corrected chi connectivity index (χ3v) is 7.25. The van der Waals surface area contributed by atoms with Gasteiger partial charge in [0.15, 0.2) is 5.82 Å². The normalized spacial score (nSPS) is 29.6. The minimum Gasteiger partial charge on any atom is -0.353 e. The van der Waals surface area contributed by atoms with E-state index in [-0.39, 0.29) is 35.1 Å². The van der Waals surface area contributed by atoms with Crippen molar-refractivity contribution in [1.29, 1.82) is 0 Å². The molecular formula is C22H34N4O3. The molecule has 0 radical (unpaired) electrons. The summed E-state index contributed by atoms with van der Waals surface area (Å²) in [6.45, 7) is 7.00. The average Bonchev–Trinajstić information content (AvgIpc) is 3.42. The Bertz CT molecular complexity index is 755. The molecule has 1 N–H and O–H groups in total. The van der Waals surface area contributed by atoms with E-state index in [1.165, 1.54) is 25.7 Å². The van der Waals surface area contributed by atoms with Crippen molar-refractivity contribution >= 4 is 11.8 Å². The van der Waals surface area contributed by atoms with E-state index in [1.807, 2.05) is 25.7 Å². The van der Waals surface area contributed by atoms with Crippen LogP contribution in [0.15, 0.2) is 4.52 Å². The predicted octanol–water partition coefficient (Wildman–Crippen LogP) is 2.98. The monoisotopic (exact) mass is 402 g/mol. The first-order chi connectivity index (χ1) is 13.9. The molecule has 1 aromatic rings. The molecule has 1 saturated heterocycles. The van der Waals surface area contributed by atoms with Crippen LogP contribution in [-0.2, 0) is 15.0 Å². The highest BCUT2D eigenvalue weighted by Crippen LogP contribution is 2.50. The molecule has 7 heteroatoms. The second kappa shape index (κ2) is 8.07. The summed E-state index contributed by atoms with van der Waals surface area (Å²) in [6.07, 6.45) is 8.43. The second-order valence-electron chi connectivity index (χ2n) is 9.77. The summed E-state index contributed by atoms with van der Waals surface area (Å²) in [4.78, 5) is 31.7. The van der Waals surface area contributed by atoms with Crippen LogP contribution in [0.4, 0.5) is 0 Å². The molecule has 2 heterocycles. The number of likely N-dealkylation sites (tertiary alicyclic amines) is 1. The van der Waals surface area contributed by atoms with E-state index in [0.717, 1.165) is 25.2 Å². The number of hydrogen-bond acceptors (Lipinski definition) is 5. The van der Waals surface area contributed by atoms with Gasteiger partial charge in [0, 0.05) is 31.5 Å². The lowest BCUT2D eigenvalue weighted by Gasteiger charge is -2.26. The van der Waals surface area contributed by atoms with E-state index in [9.17, 15) is 9.59 Å². The van der Waals surface area contributed by atoms with Gasteiger partial charge in [-0.05, 0) is 38.0 Å². The maximum atomic E-state index is 12.6. The lowest BCUT2D eigenvalue weighted by Crippen LogP contribution is -2.40. The van der Waals surface area contributed by atoms with Crippen molar-refractivity contribution < 1.29 is 14.1 Å². The summed E-state index contributed by atoms with van der Waals surface area (Å²) in [5.74, 6) is 2.52. The number of hydrogen-bond donors (Lipinski definition) is 1. The zero-order chi connectivity index (χ0) is 20.6. The second-order valence-corrected chi connectivity index (χ2v) is 9.77. The van der Waals surface area contributed by atoms with Gasteiger partial charge < -0.3 is 14.7 Å². The highest BCUT2D eigenvalue weighted by molar-refractivity contribution is 5.79. The summed E-state index contributed by atoms with van der Waals surface area (Å²) < 4.78 is 5.60. The molecule has 3 aliphatic rings. The SMILES string of the molecule is Cc1noc([C@]23C[C@H](NC(=O)CCC4CCCC4)C[C@H]2CN(C(=O)C(C)C)C3)n1. The Morgan fingerprint density at radius 2 is 2.07 bits per heavy atom. The van der Waals surface area contributed by atoms with Crippen molar-refractivity contribution in [2.45, 2.75) is 83.6 Å². The molecule has 1 aliphatic heterocycles. The summed E-state index contributed by atoms with van der Waals surface area (Å²) in [7, 11) is 0. The Hall–Kier alpha value is -1.92. The van der Waals surface area contributed by atoms with Gasteiger partial charge in [-0.2, -0.15) is 4.98 Å². The Balaban J connectivity index is 1.43. The fourth-order valence-electron chi connectivity index (χ4n) is 5.78. The quantitative estimate of drug-likeness (QED) is 0.790. The van der Waals surface area contributed by atoms with Crippen LogP contribution < -0.4 is 5.32 Å². The summed E-state index contributed by atoms with van der Waals surface area (Å²) >= 11 is 0. The number of nitrogens with one attached hydrogen (secondary N) is 1. The highest BCUT2D eigenvalue weighted by atomic mass is 16.5. The van der Waals surface area contributed by atoms with Crippen molar-refractivity contribution in [3.05, 3.63) is 11.7 Å². The lowest BCUT2D eigenvalue weighted by molar-refractivity contribution is -0.134. The number of aryl methyl sites for hydroxylation is 1. The smallest absolute Gasteiger partial charge is 0.235 e. The summed E-state index contributed by atoms with van der Waals surface area (Å²) in [5.41, 5.74) is -0.338. The van der Waals surface area contributed by atoms with Gasteiger partial charge in [-0.1, -0.05) is 44.7 Å².